The van der Waals surface area contributed by atoms with Gasteiger partial charge >= 0.3 is 0 Å². The van der Waals surface area contributed by atoms with Gasteiger partial charge in [0, 0.05) is 18.7 Å². The van der Waals surface area contributed by atoms with Crippen LogP contribution in [0.5, 0.6) is 0 Å². The molecule has 2 aromatic heterocycles. The molecule has 29 heavy (non-hydrogen) atoms. The Bertz CT molecular complexity index is 1000. The maximum atomic E-state index is 12.8. The molecule has 0 aliphatic rings. The zero-order chi connectivity index (χ0) is 20.8. The summed E-state index contributed by atoms with van der Waals surface area (Å²) in [7, 11) is 0. The summed E-state index contributed by atoms with van der Waals surface area (Å²) < 4.78 is 5.36. The number of benzene rings is 1. The minimum absolute atomic E-state index is 0.114. The average molecular weight is 410 g/mol. The molecule has 0 radical (unpaired) electrons. The second-order valence-electron chi connectivity index (χ2n) is 6.23. The number of nitrogens with zero attached hydrogens (tertiary/aromatic N) is 2. The zero-order valence-electron chi connectivity index (χ0n) is 16.5. The molecule has 0 saturated carbocycles. The summed E-state index contributed by atoms with van der Waals surface area (Å²) in [6.07, 6.45) is 3.43. The van der Waals surface area contributed by atoms with Gasteiger partial charge in [0.15, 0.2) is 11.6 Å². The highest BCUT2D eigenvalue weighted by Gasteiger charge is 2.19. The molecule has 0 unspecified atom stereocenters. The molecule has 0 fully saturated rings. The third-order valence-corrected chi connectivity index (χ3v) is 4.91. The fourth-order valence-corrected chi connectivity index (χ4v) is 3.40. The molecule has 2 amide bonds. The minimum Gasteiger partial charge on any atom is -0.461 e. The summed E-state index contributed by atoms with van der Waals surface area (Å²) in [5, 5.41) is 6.25. The maximum absolute atomic E-state index is 12.8. The Labute approximate surface area is 173 Å². The number of amides is 2. The van der Waals surface area contributed by atoms with E-state index in [2.05, 4.69) is 20.6 Å². The van der Waals surface area contributed by atoms with Gasteiger partial charge in [0.2, 0.25) is 0 Å². The lowest BCUT2D eigenvalue weighted by Crippen LogP contribution is -2.25. The number of nitrogens with one attached hydrogen (secondary N) is 2. The predicted molar refractivity (Wildman–Crippen MR) is 112 cm³/mol. The highest BCUT2D eigenvalue weighted by Crippen LogP contribution is 2.25. The Kier molecular flexibility index (Phi) is 6.66. The maximum Gasteiger partial charge on any atom is 0.256 e. The van der Waals surface area contributed by atoms with Crippen molar-refractivity contribution in [1.82, 2.24) is 20.6 Å². The van der Waals surface area contributed by atoms with Crippen LogP contribution in [0.2, 0.25) is 0 Å². The van der Waals surface area contributed by atoms with Crippen molar-refractivity contribution in [3.05, 3.63) is 65.0 Å². The second-order valence-corrected chi connectivity index (χ2v) is 7.03. The van der Waals surface area contributed by atoms with Gasteiger partial charge in [-0.25, -0.2) is 9.97 Å². The van der Waals surface area contributed by atoms with E-state index in [-0.39, 0.29) is 11.8 Å². The normalized spacial score (nSPS) is 10.6. The van der Waals surface area contributed by atoms with Gasteiger partial charge in [-0.3, -0.25) is 9.59 Å². The van der Waals surface area contributed by atoms with Crippen molar-refractivity contribution in [2.45, 2.75) is 25.4 Å². The number of thioether (sulfide) groups is 1. The van der Waals surface area contributed by atoms with Crippen LogP contribution in [0.15, 0.2) is 52.1 Å². The molecular formula is C21H22N4O3S. The quantitative estimate of drug-likeness (QED) is 0.457. The van der Waals surface area contributed by atoms with Crippen LogP contribution >= 0.6 is 11.8 Å². The molecule has 8 heteroatoms. The smallest absolute Gasteiger partial charge is 0.256 e. The first-order chi connectivity index (χ1) is 14.0. The molecule has 7 nitrogen and oxygen atoms in total. The van der Waals surface area contributed by atoms with Crippen molar-refractivity contribution < 1.29 is 14.0 Å². The van der Waals surface area contributed by atoms with Crippen LogP contribution in [-0.4, -0.2) is 34.6 Å². The van der Waals surface area contributed by atoms with Crippen molar-refractivity contribution in [1.29, 1.82) is 0 Å². The van der Waals surface area contributed by atoms with Crippen LogP contribution in [0.4, 0.5) is 0 Å². The zero-order valence-corrected chi connectivity index (χ0v) is 17.3. The molecule has 150 valence electrons. The molecule has 0 spiro atoms. The van der Waals surface area contributed by atoms with Gasteiger partial charge in [-0.05, 0) is 49.9 Å². The van der Waals surface area contributed by atoms with E-state index in [1.54, 1.807) is 37.5 Å². The Morgan fingerprint density at radius 3 is 2.45 bits per heavy atom. The lowest BCUT2D eigenvalue weighted by Gasteiger charge is -2.12. The second kappa shape index (κ2) is 9.38. The van der Waals surface area contributed by atoms with Crippen LogP contribution in [0.3, 0.4) is 0 Å². The van der Waals surface area contributed by atoms with E-state index in [1.807, 2.05) is 25.3 Å². The first-order valence-electron chi connectivity index (χ1n) is 9.15. The summed E-state index contributed by atoms with van der Waals surface area (Å²) in [6, 6.07) is 10.7. The standard InChI is InChI=1S/C21H22N4O3S/c1-4-22-19(26)15-9-7-14(8-10-15)12-23-20(27)17-13(2)24-18(25-21(17)29-3)16-6-5-11-28-16/h5-11H,4,12H2,1-3H3,(H,22,26)(H,23,27). The number of carbonyl (C=O) groups is 2. The first-order valence-corrected chi connectivity index (χ1v) is 10.4. The van der Waals surface area contributed by atoms with E-state index in [1.165, 1.54) is 11.8 Å². The lowest BCUT2D eigenvalue weighted by atomic mass is 10.1. The van der Waals surface area contributed by atoms with Crippen molar-refractivity contribution in [2.75, 3.05) is 12.8 Å². The SMILES string of the molecule is CCNC(=O)c1ccc(CNC(=O)c2c(C)nc(-c3ccco3)nc2SC)cc1. The molecule has 3 aromatic rings. The predicted octanol–water partition coefficient (Wildman–Crippen LogP) is 3.45. The molecule has 0 aliphatic heterocycles. The number of rotatable bonds is 7. The topological polar surface area (TPSA) is 97.1 Å². The van der Waals surface area contributed by atoms with E-state index in [9.17, 15) is 9.59 Å². The number of carbonyl (C=O) groups excluding carboxylic acids is 2. The number of aromatic nitrogens is 2. The van der Waals surface area contributed by atoms with E-state index >= 15 is 0 Å². The monoisotopic (exact) mass is 410 g/mol. The van der Waals surface area contributed by atoms with Crippen molar-refractivity contribution in [3.8, 4) is 11.6 Å². The molecule has 0 saturated heterocycles. The summed E-state index contributed by atoms with van der Waals surface area (Å²) in [6.45, 7) is 4.57. The highest BCUT2D eigenvalue weighted by molar-refractivity contribution is 7.98. The number of furan rings is 1. The van der Waals surface area contributed by atoms with E-state index in [0.29, 0.717) is 46.5 Å². The summed E-state index contributed by atoms with van der Waals surface area (Å²) in [5.41, 5.74) is 2.51. The Hall–Kier alpha value is -3.13. The van der Waals surface area contributed by atoms with Crippen LogP contribution in [0.25, 0.3) is 11.6 Å². The van der Waals surface area contributed by atoms with Crippen LogP contribution < -0.4 is 10.6 Å². The van der Waals surface area contributed by atoms with Crippen molar-refractivity contribution in [2.24, 2.45) is 0 Å². The fraction of sp³-hybridized carbons (Fsp3) is 0.238. The average Bonchev–Trinajstić information content (AvgIpc) is 3.27. The Balaban J connectivity index is 1.73. The van der Waals surface area contributed by atoms with Crippen molar-refractivity contribution >= 4 is 23.6 Å². The molecule has 3 rings (SSSR count). The molecule has 0 atom stereocenters. The fourth-order valence-electron chi connectivity index (χ4n) is 2.78. The number of aryl methyl sites for hydroxylation is 1. The Morgan fingerprint density at radius 2 is 1.83 bits per heavy atom. The molecule has 2 heterocycles. The molecule has 1 aromatic carbocycles. The summed E-state index contributed by atoms with van der Waals surface area (Å²) in [4.78, 5) is 33.5. The lowest BCUT2D eigenvalue weighted by molar-refractivity contribution is 0.0940. The van der Waals surface area contributed by atoms with Gasteiger partial charge in [0.1, 0.15) is 5.03 Å². The molecular weight excluding hydrogens is 388 g/mol. The largest absolute Gasteiger partial charge is 0.461 e. The van der Waals surface area contributed by atoms with Crippen LogP contribution in [0, 0.1) is 6.92 Å². The van der Waals surface area contributed by atoms with E-state index in [4.69, 9.17) is 4.42 Å². The molecule has 0 aliphatic carbocycles. The third kappa shape index (κ3) is 4.83. The van der Waals surface area contributed by atoms with Crippen LogP contribution in [-0.2, 0) is 6.54 Å². The van der Waals surface area contributed by atoms with Gasteiger partial charge in [-0.2, -0.15) is 0 Å². The third-order valence-electron chi connectivity index (χ3n) is 4.23. The van der Waals surface area contributed by atoms with Gasteiger partial charge in [-0.1, -0.05) is 12.1 Å². The van der Waals surface area contributed by atoms with Gasteiger partial charge in [-0.15, -0.1) is 11.8 Å². The Morgan fingerprint density at radius 1 is 1.07 bits per heavy atom. The number of hydrogen-bond donors (Lipinski definition) is 2. The minimum atomic E-state index is -0.245. The van der Waals surface area contributed by atoms with Gasteiger partial charge in [0.05, 0.1) is 17.5 Å². The summed E-state index contributed by atoms with van der Waals surface area (Å²) >= 11 is 1.38. The van der Waals surface area contributed by atoms with Gasteiger partial charge in [0.25, 0.3) is 11.8 Å². The van der Waals surface area contributed by atoms with E-state index in [0.717, 1.165) is 5.56 Å². The highest BCUT2D eigenvalue weighted by atomic mass is 32.2. The first kappa shape index (κ1) is 20.6. The number of hydrogen-bond acceptors (Lipinski definition) is 6. The van der Waals surface area contributed by atoms with Crippen molar-refractivity contribution in [3.63, 3.8) is 0 Å². The van der Waals surface area contributed by atoms with Gasteiger partial charge < -0.3 is 15.1 Å². The molecule has 2 N–H and O–H groups in total. The summed E-state index contributed by atoms with van der Waals surface area (Å²) in [5.74, 6) is 0.652. The molecule has 0 bridgehead atoms. The van der Waals surface area contributed by atoms with Crippen LogP contribution in [0.1, 0.15) is 38.9 Å². The van der Waals surface area contributed by atoms with E-state index < -0.39 is 0 Å².